The lowest BCUT2D eigenvalue weighted by Gasteiger charge is -2.18. The second-order valence-corrected chi connectivity index (χ2v) is 7.79. The molecule has 0 spiro atoms. The summed E-state index contributed by atoms with van der Waals surface area (Å²) < 4.78 is 0. The van der Waals surface area contributed by atoms with Gasteiger partial charge in [0.15, 0.2) is 0 Å². The fourth-order valence-corrected chi connectivity index (χ4v) is 2.94. The molecular weight excluding hydrogens is 438 g/mol. The van der Waals surface area contributed by atoms with E-state index in [0.29, 0.717) is 32.2 Å². The van der Waals surface area contributed by atoms with Crippen LogP contribution in [0.3, 0.4) is 0 Å². The third-order valence-electron chi connectivity index (χ3n) is 4.78. The van der Waals surface area contributed by atoms with Crippen LogP contribution in [0.5, 0.6) is 0 Å². The van der Waals surface area contributed by atoms with Crippen LogP contribution in [0.15, 0.2) is 0 Å². The standard InChI is InChI=1S/C21H35N3O9/c1-14(25)8-4-2-3-5-10-17(26)22-13-7-6-9-15(19(29)30)23-21(33)24-16(20(31)32)11-12-18(27)28/h15-16H,2-13H2,1H3,(H,22,26)(H,27,28)(H,29,30)(H,31,32)(H2,23,24,33). The van der Waals surface area contributed by atoms with Gasteiger partial charge in [-0.05, 0) is 45.4 Å². The molecule has 3 amide bonds. The molecule has 0 rings (SSSR count). The zero-order chi connectivity index (χ0) is 25.2. The fourth-order valence-electron chi connectivity index (χ4n) is 2.94. The first-order valence-electron chi connectivity index (χ1n) is 11.0. The maximum Gasteiger partial charge on any atom is 0.326 e. The minimum absolute atomic E-state index is 0.0711. The fraction of sp³-hybridized carbons (Fsp3) is 0.714. The molecule has 6 N–H and O–H groups in total. The van der Waals surface area contributed by atoms with Crippen molar-refractivity contribution in [2.75, 3.05) is 6.54 Å². The van der Waals surface area contributed by atoms with Crippen molar-refractivity contribution in [1.82, 2.24) is 16.0 Å². The molecule has 12 nitrogen and oxygen atoms in total. The van der Waals surface area contributed by atoms with Crippen LogP contribution in [0.4, 0.5) is 4.79 Å². The van der Waals surface area contributed by atoms with Crippen LogP contribution >= 0.6 is 0 Å². The highest BCUT2D eigenvalue weighted by Gasteiger charge is 2.24. The molecule has 0 aromatic rings. The monoisotopic (exact) mass is 473 g/mol. The molecule has 188 valence electrons. The number of carbonyl (C=O) groups is 6. The Morgan fingerprint density at radius 2 is 1.21 bits per heavy atom. The normalized spacial score (nSPS) is 12.3. The maximum atomic E-state index is 11.9. The second kappa shape index (κ2) is 17.4. The lowest BCUT2D eigenvalue weighted by Crippen LogP contribution is -2.51. The van der Waals surface area contributed by atoms with Gasteiger partial charge < -0.3 is 36.1 Å². The van der Waals surface area contributed by atoms with E-state index in [1.165, 1.54) is 0 Å². The number of urea groups is 1. The summed E-state index contributed by atoms with van der Waals surface area (Å²) in [5.41, 5.74) is 0. The van der Waals surface area contributed by atoms with Crippen LogP contribution in [0.2, 0.25) is 0 Å². The molecule has 0 radical (unpaired) electrons. The number of amides is 3. The molecule has 0 aliphatic carbocycles. The minimum atomic E-state index is -1.46. The highest BCUT2D eigenvalue weighted by molar-refractivity contribution is 5.86. The molecule has 0 saturated carbocycles. The third-order valence-corrected chi connectivity index (χ3v) is 4.78. The number of carboxylic acid groups (broad SMARTS) is 3. The number of hydrogen-bond donors (Lipinski definition) is 6. The molecule has 0 bridgehead atoms. The number of carbonyl (C=O) groups excluding carboxylic acids is 3. The topological polar surface area (TPSA) is 199 Å². The van der Waals surface area contributed by atoms with Crippen molar-refractivity contribution < 1.29 is 44.1 Å². The predicted molar refractivity (Wildman–Crippen MR) is 117 cm³/mol. The summed E-state index contributed by atoms with van der Waals surface area (Å²) in [5.74, 6) is -3.88. The Kier molecular flexibility index (Phi) is 15.7. The number of aliphatic carboxylic acids is 3. The predicted octanol–water partition coefficient (Wildman–Crippen LogP) is 1.27. The van der Waals surface area contributed by atoms with Crippen LogP contribution in [-0.2, 0) is 24.0 Å². The number of rotatable bonds is 19. The third kappa shape index (κ3) is 17.1. The molecule has 0 aliphatic rings. The summed E-state index contributed by atoms with van der Waals surface area (Å²) in [4.78, 5) is 67.6. The molecule has 12 heteroatoms. The Labute approximate surface area is 192 Å². The van der Waals surface area contributed by atoms with Crippen molar-refractivity contribution in [2.45, 2.75) is 89.6 Å². The van der Waals surface area contributed by atoms with Crippen molar-refractivity contribution in [3.63, 3.8) is 0 Å². The Morgan fingerprint density at radius 1 is 0.667 bits per heavy atom. The van der Waals surface area contributed by atoms with Gasteiger partial charge in [0.05, 0.1) is 0 Å². The average Bonchev–Trinajstić information content (AvgIpc) is 2.71. The van der Waals surface area contributed by atoms with E-state index in [2.05, 4.69) is 16.0 Å². The van der Waals surface area contributed by atoms with E-state index in [0.717, 1.165) is 25.7 Å². The second-order valence-electron chi connectivity index (χ2n) is 7.79. The van der Waals surface area contributed by atoms with Gasteiger partial charge in [0.2, 0.25) is 5.91 Å². The number of ketones is 1. The minimum Gasteiger partial charge on any atom is -0.481 e. The van der Waals surface area contributed by atoms with Crippen LogP contribution < -0.4 is 16.0 Å². The highest BCUT2D eigenvalue weighted by Crippen LogP contribution is 2.06. The van der Waals surface area contributed by atoms with Gasteiger partial charge in [-0.2, -0.15) is 0 Å². The van der Waals surface area contributed by atoms with Crippen molar-refractivity contribution in [1.29, 1.82) is 0 Å². The first-order valence-corrected chi connectivity index (χ1v) is 11.0. The number of unbranched alkanes of at least 4 members (excludes halogenated alkanes) is 4. The first kappa shape index (κ1) is 29.8. The van der Waals surface area contributed by atoms with Crippen LogP contribution in [0.1, 0.15) is 77.6 Å². The molecule has 0 heterocycles. The molecule has 2 unspecified atom stereocenters. The zero-order valence-electron chi connectivity index (χ0n) is 18.9. The van der Waals surface area contributed by atoms with E-state index in [-0.39, 0.29) is 24.5 Å². The van der Waals surface area contributed by atoms with Gasteiger partial charge in [-0.3, -0.25) is 9.59 Å². The quantitative estimate of drug-likeness (QED) is 0.149. The Balaban J connectivity index is 4.13. The molecule has 0 saturated heterocycles. The van der Waals surface area contributed by atoms with Crippen molar-refractivity contribution in [3.8, 4) is 0 Å². The van der Waals surface area contributed by atoms with Crippen LogP contribution in [0.25, 0.3) is 0 Å². The molecule has 0 aliphatic heterocycles. The van der Waals surface area contributed by atoms with Gasteiger partial charge in [0.25, 0.3) is 0 Å². The zero-order valence-corrected chi connectivity index (χ0v) is 18.9. The van der Waals surface area contributed by atoms with Gasteiger partial charge in [0, 0.05) is 25.8 Å². The average molecular weight is 474 g/mol. The van der Waals surface area contributed by atoms with E-state index < -0.39 is 42.4 Å². The summed E-state index contributed by atoms with van der Waals surface area (Å²) in [6, 6.07) is -3.73. The van der Waals surface area contributed by atoms with E-state index >= 15 is 0 Å². The summed E-state index contributed by atoms with van der Waals surface area (Å²) in [7, 11) is 0. The summed E-state index contributed by atoms with van der Waals surface area (Å²) in [6.07, 6.45) is 4.42. The van der Waals surface area contributed by atoms with Crippen molar-refractivity contribution >= 4 is 35.6 Å². The number of hydrogen-bond acceptors (Lipinski definition) is 6. The van der Waals surface area contributed by atoms with E-state index in [9.17, 15) is 33.9 Å². The van der Waals surface area contributed by atoms with E-state index in [4.69, 9.17) is 10.2 Å². The van der Waals surface area contributed by atoms with Gasteiger partial charge in [-0.1, -0.05) is 12.8 Å². The summed E-state index contributed by atoms with van der Waals surface area (Å²) in [6.45, 7) is 1.91. The lowest BCUT2D eigenvalue weighted by molar-refractivity contribution is -0.141. The Hall–Kier alpha value is -3.18. The Morgan fingerprint density at radius 3 is 1.73 bits per heavy atom. The summed E-state index contributed by atoms with van der Waals surface area (Å²) in [5, 5.41) is 33.9. The number of carboxylic acids is 3. The van der Waals surface area contributed by atoms with Gasteiger partial charge in [-0.15, -0.1) is 0 Å². The number of Topliss-reactive ketones (excluding diaryl/α,β-unsaturated/α-hetero) is 1. The molecule has 0 fully saturated rings. The maximum absolute atomic E-state index is 11.9. The van der Waals surface area contributed by atoms with Gasteiger partial charge in [0.1, 0.15) is 17.9 Å². The smallest absolute Gasteiger partial charge is 0.326 e. The molecule has 2 atom stereocenters. The van der Waals surface area contributed by atoms with Gasteiger partial charge >= 0.3 is 23.9 Å². The molecule has 0 aromatic heterocycles. The van der Waals surface area contributed by atoms with E-state index in [1.807, 2.05) is 0 Å². The molecule has 0 aromatic carbocycles. The van der Waals surface area contributed by atoms with Gasteiger partial charge in [-0.25, -0.2) is 14.4 Å². The van der Waals surface area contributed by atoms with E-state index in [1.54, 1.807) is 6.92 Å². The molecular formula is C21H35N3O9. The van der Waals surface area contributed by atoms with Crippen LogP contribution in [0, 0.1) is 0 Å². The SMILES string of the molecule is CC(=O)CCCCCCC(=O)NCCCCC(NC(=O)NC(CCC(=O)O)C(=O)O)C(=O)O. The first-order chi connectivity index (χ1) is 15.5. The highest BCUT2D eigenvalue weighted by atomic mass is 16.4. The van der Waals surface area contributed by atoms with Crippen molar-refractivity contribution in [2.24, 2.45) is 0 Å². The molecule has 33 heavy (non-hydrogen) atoms. The lowest BCUT2D eigenvalue weighted by atomic mass is 10.1. The summed E-state index contributed by atoms with van der Waals surface area (Å²) >= 11 is 0. The van der Waals surface area contributed by atoms with Crippen molar-refractivity contribution in [3.05, 3.63) is 0 Å². The Bertz CT molecular complexity index is 682. The number of nitrogens with one attached hydrogen (secondary N) is 3. The van der Waals surface area contributed by atoms with Crippen LogP contribution in [-0.4, -0.2) is 69.6 Å². The largest absolute Gasteiger partial charge is 0.481 e.